The van der Waals surface area contributed by atoms with E-state index in [0.717, 1.165) is 22.0 Å². The summed E-state index contributed by atoms with van der Waals surface area (Å²) in [6.07, 6.45) is 8.57. The van der Waals surface area contributed by atoms with E-state index in [0.29, 0.717) is 13.0 Å². The van der Waals surface area contributed by atoms with Crippen molar-refractivity contribution in [1.29, 1.82) is 0 Å². The fraction of sp³-hybridized carbons (Fsp3) is 0.324. The molecule has 3 aromatic carbocycles. The number of hydrogen-bond acceptors (Lipinski definition) is 6. The van der Waals surface area contributed by atoms with Crippen molar-refractivity contribution in [1.82, 2.24) is 4.90 Å². The molecule has 1 spiro atoms. The van der Waals surface area contributed by atoms with Crippen molar-refractivity contribution in [3.05, 3.63) is 103 Å². The lowest BCUT2D eigenvalue weighted by Gasteiger charge is -2.40. The molecule has 3 aromatic rings. The molecule has 42 heavy (non-hydrogen) atoms. The van der Waals surface area contributed by atoms with Gasteiger partial charge >= 0.3 is 5.97 Å². The van der Waals surface area contributed by atoms with Gasteiger partial charge in [-0.1, -0.05) is 85.0 Å². The second-order valence-electron chi connectivity index (χ2n) is 11.6. The van der Waals surface area contributed by atoms with Crippen molar-refractivity contribution >= 4 is 46.0 Å². The number of ether oxygens (including phenoxy) is 1. The molecule has 6 atom stereocenters. The van der Waals surface area contributed by atoms with Crippen LogP contribution in [0.25, 0.3) is 10.8 Å². The minimum Gasteiger partial charge on any atom is -0.465 e. The number of carbonyl (C=O) groups is 3. The molecule has 7 nitrogen and oxygen atoms in total. The summed E-state index contributed by atoms with van der Waals surface area (Å²) in [6, 6.07) is 21.5. The minimum absolute atomic E-state index is 0.233. The van der Waals surface area contributed by atoms with Gasteiger partial charge in [0.1, 0.15) is 6.04 Å². The van der Waals surface area contributed by atoms with E-state index in [1.165, 1.54) is 11.8 Å². The highest BCUT2D eigenvalue weighted by Crippen LogP contribution is 2.66. The van der Waals surface area contributed by atoms with Gasteiger partial charge in [-0.2, -0.15) is 0 Å². The lowest BCUT2D eigenvalue weighted by molar-refractivity contribution is -0.154. The molecular weight excluding hydrogens is 548 g/mol. The van der Waals surface area contributed by atoms with Crippen LogP contribution in [0.3, 0.4) is 0 Å². The second kappa shape index (κ2) is 10.1. The molecular formula is C34H32N2O5S. The Morgan fingerprint density at radius 1 is 0.929 bits per heavy atom. The number of carbonyl (C=O) groups excluding carboxylic acids is 3. The number of cyclic esters (lactones) is 1. The average Bonchev–Trinajstić information content (AvgIpc) is 3.32. The van der Waals surface area contributed by atoms with E-state index in [9.17, 15) is 19.5 Å². The predicted molar refractivity (Wildman–Crippen MR) is 163 cm³/mol. The summed E-state index contributed by atoms with van der Waals surface area (Å²) >= 11 is 1.51. The SMILES string of the molecule is C[C@@]12C=CCCOC(=O)[C@@H]1[C@H]1C(=O)N([C@H](CO)c3ccccc3)C3C(=O)N(c4ccc5ccccc5c4)CC=C[C@@]31S2. The highest BCUT2D eigenvalue weighted by molar-refractivity contribution is 8.02. The predicted octanol–water partition coefficient (Wildman–Crippen LogP) is 4.67. The molecule has 2 fully saturated rings. The van der Waals surface area contributed by atoms with Gasteiger partial charge in [-0.15, -0.1) is 11.8 Å². The zero-order valence-electron chi connectivity index (χ0n) is 23.3. The average molecular weight is 581 g/mol. The maximum absolute atomic E-state index is 14.9. The van der Waals surface area contributed by atoms with Crippen LogP contribution in [0.5, 0.6) is 0 Å². The van der Waals surface area contributed by atoms with E-state index in [4.69, 9.17) is 4.74 Å². The van der Waals surface area contributed by atoms with Crippen LogP contribution >= 0.6 is 11.8 Å². The van der Waals surface area contributed by atoms with Crippen LogP contribution in [-0.2, 0) is 19.1 Å². The smallest absolute Gasteiger partial charge is 0.311 e. The molecule has 0 aliphatic carbocycles. The highest BCUT2D eigenvalue weighted by atomic mass is 32.2. The molecule has 1 unspecified atom stereocenters. The first-order chi connectivity index (χ1) is 20.4. The number of likely N-dealkylation sites (tertiary alicyclic amines) is 1. The summed E-state index contributed by atoms with van der Waals surface area (Å²) < 4.78 is 3.87. The van der Waals surface area contributed by atoms with Gasteiger partial charge in [0.05, 0.1) is 35.8 Å². The van der Waals surface area contributed by atoms with Gasteiger partial charge in [0.2, 0.25) is 5.91 Å². The largest absolute Gasteiger partial charge is 0.465 e. The Morgan fingerprint density at radius 2 is 1.69 bits per heavy atom. The highest BCUT2D eigenvalue weighted by Gasteiger charge is 2.74. The maximum atomic E-state index is 14.9. The third kappa shape index (κ3) is 3.96. The molecule has 4 aliphatic rings. The Labute approximate surface area is 248 Å². The van der Waals surface area contributed by atoms with E-state index in [1.807, 2.05) is 104 Å². The molecule has 214 valence electrons. The van der Waals surface area contributed by atoms with E-state index < -0.39 is 39.4 Å². The van der Waals surface area contributed by atoms with Crippen LogP contribution < -0.4 is 4.90 Å². The Bertz CT molecular complexity index is 1640. The van der Waals surface area contributed by atoms with Crippen LogP contribution in [0.2, 0.25) is 0 Å². The first-order valence-electron chi connectivity index (χ1n) is 14.4. The number of amides is 2. The number of anilines is 1. The summed E-state index contributed by atoms with van der Waals surface area (Å²) in [5.74, 6) is -2.57. The lowest BCUT2D eigenvalue weighted by Crippen LogP contribution is -2.54. The number of benzene rings is 3. The minimum atomic E-state index is -1.03. The second-order valence-corrected chi connectivity index (χ2v) is 13.4. The fourth-order valence-corrected chi connectivity index (χ4v) is 9.51. The van der Waals surface area contributed by atoms with Gasteiger partial charge in [0.15, 0.2) is 0 Å². The summed E-state index contributed by atoms with van der Waals surface area (Å²) in [5.41, 5.74) is 1.46. The number of nitrogens with zero attached hydrogens (tertiary/aromatic N) is 2. The third-order valence-corrected chi connectivity index (χ3v) is 11.0. The molecule has 4 heterocycles. The molecule has 4 aliphatic heterocycles. The fourth-order valence-electron chi connectivity index (χ4n) is 7.37. The van der Waals surface area contributed by atoms with Crippen molar-refractivity contribution in [2.45, 2.75) is 34.9 Å². The van der Waals surface area contributed by atoms with Gasteiger partial charge in [0, 0.05) is 17.0 Å². The van der Waals surface area contributed by atoms with Crippen molar-refractivity contribution in [3.8, 4) is 0 Å². The van der Waals surface area contributed by atoms with Gasteiger partial charge < -0.3 is 19.6 Å². The van der Waals surface area contributed by atoms with Crippen molar-refractivity contribution in [2.75, 3.05) is 24.7 Å². The molecule has 8 heteroatoms. The summed E-state index contributed by atoms with van der Waals surface area (Å²) in [5, 5.41) is 12.8. The number of esters is 1. The van der Waals surface area contributed by atoms with Gasteiger partial charge in [-0.05, 0) is 41.8 Å². The molecule has 0 bridgehead atoms. The number of hydrogen-bond donors (Lipinski definition) is 1. The van der Waals surface area contributed by atoms with Crippen LogP contribution in [0, 0.1) is 11.8 Å². The zero-order valence-corrected chi connectivity index (χ0v) is 24.1. The quantitative estimate of drug-likeness (QED) is 0.357. The van der Waals surface area contributed by atoms with Crippen molar-refractivity contribution < 1.29 is 24.2 Å². The van der Waals surface area contributed by atoms with Gasteiger partial charge in [-0.3, -0.25) is 14.4 Å². The Kier molecular flexibility index (Phi) is 6.51. The van der Waals surface area contributed by atoms with Gasteiger partial charge in [-0.25, -0.2) is 0 Å². The van der Waals surface area contributed by atoms with E-state index >= 15 is 0 Å². The molecule has 2 saturated heterocycles. The zero-order chi connectivity index (χ0) is 29.1. The van der Waals surface area contributed by atoms with Crippen molar-refractivity contribution in [2.24, 2.45) is 11.8 Å². The Hall–Kier alpha value is -3.88. The first kappa shape index (κ1) is 27.0. The number of thioether (sulfide) groups is 1. The van der Waals surface area contributed by atoms with Crippen LogP contribution in [0.4, 0.5) is 5.69 Å². The number of fused-ring (bicyclic) bond motifs is 3. The lowest BCUT2D eigenvalue weighted by atomic mass is 9.74. The molecule has 1 N–H and O–H groups in total. The summed E-state index contributed by atoms with van der Waals surface area (Å²) in [4.78, 5) is 46.5. The number of aliphatic hydroxyl groups is 1. The first-order valence-corrected chi connectivity index (χ1v) is 15.2. The molecule has 0 radical (unpaired) electrons. The van der Waals surface area contributed by atoms with Crippen LogP contribution in [-0.4, -0.2) is 63.1 Å². The molecule has 7 rings (SSSR count). The van der Waals surface area contributed by atoms with Gasteiger partial charge in [0.25, 0.3) is 5.91 Å². The number of rotatable bonds is 4. The molecule has 0 saturated carbocycles. The topological polar surface area (TPSA) is 87.1 Å². The molecule has 0 aromatic heterocycles. The van der Waals surface area contributed by atoms with E-state index in [-0.39, 0.29) is 25.0 Å². The van der Waals surface area contributed by atoms with Crippen LogP contribution in [0.1, 0.15) is 24.9 Å². The maximum Gasteiger partial charge on any atom is 0.311 e. The summed E-state index contributed by atoms with van der Waals surface area (Å²) in [7, 11) is 0. The Balaban J connectivity index is 1.40. The van der Waals surface area contributed by atoms with E-state index in [1.54, 1.807) is 9.80 Å². The summed E-state index contributed by atoms with van der Waals surface area (Å²) in [6.45, 7) is 2.18. The normalized spacial score (nSPS) is 31.2. The monoisotopic (exact) mass is 580 g/mol. The third-order valence-electron chi connectivity index (χ3n) is 9.20. The van der Waals surface area contributed by atoms with E-state index in [2.05, 4.69) is 0 Å². The van der Waals surface area contributed by atoms with Crippen molar-refractivity contribution in [3.63, 3.8) is 0 Å². The Morgan fingerprint density at radius 3 is 2.48 bits per heavy atom. The standard InChI is InChI=1S/C34H32N2O5S/c1-33-16-7-8-19-41-32(40)28(33)27-30(38)36(26(21-37)23-11-3-2-4-12-23)29-31(39)35(18-9-17-34(27,29)42-33)25-15-14-22-10-5-6-13-24(22)20-25/h2-7,9-17,20,26-29,37H,8,18-19,21H2,1H3/t26-,27+,28+,29?,33-,34+/m1/s1. The molecule has 2 amide bonds. The number of aliphatic hydroxyl groups excluding tert-OH is 1. The van der Waals surface area contributed by atoms with Crippen LogP contribution in [0.15, 0.2) is 97.1 Å².